The van der Waals surface area contributed by atoms with Gasteiger partial charge in [-0.15, -0.1) is 0 Å². The van der Waals surface area contributed by atoms with E-state index in [1.807, 2.05) is 0 Å². The number of ether oxygens (including phenoxy) is 1. The first-order valence-electron chi connectivity index (χ1n) is 3.04. The summed E-state index contributed by atoms with van der Waals surface area (Å²) in [7, 11) is 0. The van der Waals surface area contributed by atoms with Crippen molar-refractivity contribution < 1.29 is 39.4 Å². The fourth-order valence-electron chi connectivity index (χ4n) is 0.394. The monoisotopic (exact) mass is 140 g/mol. The Kier molecular flexibility index (Phi) is 12.5. The van der Waals surface area contributed by atoms with Gasteiger partial charge in [-0.3, -0.25) is 0 Å². The minimum atomic E-state index is -0.846. The smallest absolute Gasteiger partial charge is 0.831 e. The van der Waals surface area contributed by atoms with E-state index in [1.165, 1.54) is 6.92 Å². The Balaban J connectivity index is 0. The summed E-state index contributed by atoms with van der Waals surface area (Å²) in [6.45, 7) is 4.19. The maximum absolute atomic E-state index is 10.2. The molecular weight excluding hydrogens is 127 g/mol. The Hall–Kier alpha value is 0.920. The molecule has 0 rings (SSSR count). The molecule has 3 heteroatoms. The van der Waals surface area contributed by atoms with Gasteiger partial charge in [-0.25, -0.2) is 0 Å². The number of hydrogen-bond acceptors (Lipinski definition) is 2. The van der Waals surface area contributed by atoms with E-state index in [2.05, 4.69) is 6.92 Å². The molecule has 0 radical (unpaired) electrons. The van der Waals surface area contributed by atoms with Crippen molar-refractivity contribution in [2.45, 2.75) is 33.0 Å². The van der Waals surface area contributed by atoms with Gasteiger partial charge in [-0.2, -0.15) is 0 Å². The molecule has 9 heavy (non-hydrogen) atoms. The Morgan fingerprint density at radius 1 is 1.56 bits per heavy atom. The van der Waals surface area contributed by atoms with Crippen molar-refractivity contribution in [1.82, 2.24) is 0 Å². The van der Waals surface area contributed by atoms with E-state index < -0.39 is 6.29 Å². The average molecular weight is 140 g/mol. The van der Waals surface area contributed by atoms with E-state index in [-0.39, 0.29) is 29.6 Å². The molecule has 0 aliphatic carbocycles. The van der Waals surface area contributed by atoms with Gasteiger partial charge in [0.15, 0.2) is 0 Å². The van der Waals surface area contributed by atoms with Crippen LogP contribution in [0.4, 0.5) is 0 Å². The Labute approximate surface area is 78.9 Å². The zero-order chi connectivity index (χ0) is 6.41. The Morgan fingerprint density at radius 2 is 2.11 bits per heavy atom. The number of rotatable bonds is 4. The van der Waals surface area contributed by atoms with Crippen molar-refractivity contribution in [2.24, 2.45) is 0 Å². The van der Waals surface area contributed by atoms with Crippen LogP contribution in [0.1, 0.15) is 26.7 Å². The number of hydrogen-bond donors (Lipinski definition) is 0. The molecule has 0 aromatic carbocycles. The third kappa shape index (κ3) is 12.2. The molecule has 0 saturated carbocycles. The minimum Gasteiger partial charge on any atom is -0.831 e. The summed E-state index contributed by atoms with van der Waals surface area (Å²) in [5, 5.41) is 10.2. The summed E-state index contributed by atoms with van der Waals surface area (Å²) in [5.41, 5.74) is 0. The molecule has 0 aliphatic heterocycles. The third-order valence-corrected chi connectivity index (χ3v) is 0.850. The molecule has 0 spiro atoms. The van der Waals surface area contributed by atoms with Crippen molar-refractivity contribution in [3.63, 3.8) is 0 Å². The topological polar surface area (TPSA) is 32.3 Å². The molecule has 0 amide bonds. The van der Waals surface area contributed by atoms with Gasteiger partial charge in [0.2, 0.25) is 0 Å². The molecule has 1 unspecified atom stereocenters. The van der Waals surface area contributed by atoms with Crippen molar-refractivity contribution >= 4 is 0 Å². The van der Waals surface area contributed by atoms with Gasteiger partial charge in [-0.1, -0.05) is 20.3 Å². The molecule has 0 saturated heterocycles. The van der Waals surface area contributed by atoms with Crippen molar-refractivity contribution in [3.05, 3.63) is 0 Å². The molecule has 2 nitrogen and oxygen atoms in total. The van der Waals surface area contributed by atoms with Crippen LogP contribution < -0.4 is 34.7 Å². The summed E-state index contributed by atoms with van der Waals surface area (Å²) in [4.78, 5) is 0. The maximum atomic E-state index is 10.2. The summed E-state index contributed by atoms with van der Waals surface area (Å²) >= 11 is 0. The van der Waals surface area contributed by atoms with Crippen LogP contribution in [0.15, 0.2) is 0 Å². The Morgan fingerprint density at radius 3 is 2.44 bits per heavy atom. The molecule has 0 bridgehead atoms. The molecule has 50 valence electrons. The average Bonchev–Trinajstić information content (AvgIpc) is 1.66. The van der Waals surface area contributed by atoms with E-state index >= 15 is 0 Å². The van der Waals surface area contributed by atoms with Crippen LogP contribution in [-0.4, -0.2) is 12.9 Å². The minimum absolute atomic E-state index is 0. The molecule has 0 fully saturated rings. The van der Waals surface area contributed by atoms with E-state index in [0.717, 1.165) is 12.8 Å². The van der Waals surface area contributed by atoms with E-state index in [1.54, 1.807) is 0 Å². The first-order valence-corrected chi connectivity index (χ1v) is 3.04. The second-order valence-electron chi connectivity index (χ2n) is 1.79. The van der Waals surface area contributed by atoms with E-state index in [0.29, 0.717) is 6.61 Å². The summed E-state index contributed by atoms with van der Waals surface area (Å²) in [6, 6.07) is 0. The van der Waals surface area contributed by atoms with Gasteiger partial charge < -0.3 is 9.84 Å². The SMILES string of the molecule is CCCCOC(C)[O-].[Na+]. The molecule has 0 heterocycles. The zero-order valence-electron chi connectivity index (χ0n) is 6.52. The zero-order valence-corrected chi connectivity index (χ0v) is 8.52. The standard InChI is InChI=1S/C6H13O2.Na/c1-3-4-5-8-6(2)7;/h6H,3-5H2,1-2H3;/q-1;+1. The van der Waals surface area contributed by atoms with Gasteiger partial charge in [-0.05, 0) is 12.7 Å². The Bertz CT molecular complexity index is 48.3. The first-order chi connectivity index (χ1) is 3.77. The quantitative estimate of drug-likeness (QED) is 0.246. The van der Waals surface area contributed by atoms with Crippen LogP contribution in [0, 0.1) is 0 Å². The van der Waals surface area contributed by atoms with Crippen LogP contribution in [-0.2, 0) is 4.74 Å². The molecule has 0 aromatic heterocycles. The van der Waals surface area contributed by atoms with Gasteiger partial charge in [0.05, 0.1) is 0 Å². The summed E-state index contributed by atoms with van der Waals surface area (Å²) in [5.74, 6) is 0. The predicted octanol–water partition coefficient (Wildman–Crippen LogP) is -2.49. The molecule has 0 N–H and O–H groups in total. The van der Waals surface area contributed by atoms with Gasteiger partial charge in [0.1, 0.15) is 0 Å². The van der Waals surface area contributed by atoms with Crippen molar-refractivity contribution in [2.75, 3.05) is 6.61 Å². The molecule has 1 atom stereocenters. The summed E-state index contributed by atoms with van der Waals surface area (Å²) in [6.07, 6.45) is 1.24. The largest absolute Gasteiger partial charge is 1.00 e. The van der Waals surface area contributed by atoms with Crippen LogP contribution >= 0.6 is 0 Å². The van der Waals surface area contributed by atoms with Crippen LogP contribution in [0.2, 0.25) is 0 Å². The maximum Gasteiger partial charge on any atom is 1.00 e. The van der Waals surface area contributed by atoms with Gasteiger partial charge >= 0.3 is 29.6 Å². The first kappa shape index (κ1) is 12.6. The van der Waals surface area contributed by atoms with Crippen LogP contribution in [0.5, 0.6) is 0 Å². The van der Waals surface area contributed by atoms with E-state index in [9.17, 15) is 5.11 Å². The number of unbranched alkanes of at least 4 members (excludes halogenated alkanes) is 1. The van der Waals surface area contributed by atoms with Crippen LogP contribution in [0.3, 0.4) is 0 Å². The predicted molar refractivity (Wildman–Crippen MR) is 30.3 cm³/mol. The molecule has 0 aromatic rings. The molecular formula is C6H13NaO2. The fourth-order valence-corrected chi connectivity index (χ4v) is 0.394. The third-order valence-electron chi connectivity index (χ3n) is 0.850. The van der Waals surface area contributed by atoms with Crippen molar-refractivity contribution in [3.8, 4) is 0 Å². The normalized spacial score (nSPS) is 12.3. The van der Waals surface area contributed by atoms with Gasteiger partial charge in [0, 0.05) is 6.61 Å². The second kappa shape index (κ2) is 8.92. The van der Waals surface area contributed by atoms with E-state index in [4.69, 9.17) is 4.74 Å². The van der Waals surface area contributed by atoms with Crippen molar-refractivity contribution in [1.29, 1.82) is 0 Å². The molecule has 0 aliphatic rings. The summed E-state index contributed by atoms with van der Waals surface area (Å²) < 4.78 is 4.73. The van der Waals surface area contributed by atoms with Crippen LogP contribution in [0.25, 0.3) is 0 Å². The van der Waals surface area contributed by atoms with Gasteiger partial charge in [0.25, 0.3) is 0 Å². The fraction of sp³-hybridized carbons (Fsp3) is 1.00. The second-order valence-corrected chi connectivity index (χ2v) is 1.79.